The summed E-state index contributed by atoms with van der Waals surface area (Å²) in [7, 11) is 2.16. The molecule has 2 aromatic carbocycles. The number of ether oxygens (including phenoxy) is 1. The summed E-state index contributed by atoms with van der Waals surface area (Å²) in [6, 6.07) is 16.1. The largest absolute Gasteiger partial charge is 0.493 e. The van der Waals surface area contributed by atoms with Crippen LogP contribution in [0.2, 0.25) is 0 Å². The molecule has 0 spiro atoms. The van der Waals surface area contributed by atoms with Gasteiger partial charge in [0.25, 0.3) is 5.91 Å². The molecule has 7 heteroatoms. The van der Waals surface area contributed by atoms with Crippen molar-refractivity contribution in [2.24, 2.45) is 0 Å². The molecule has 5 rings (SSSR count). The lowest BCUT2D eigenvalue weighted by Crippen LogP contribution is -2.36. The number of aromatic nitrogens is 2. The topological polar surface area (TPSA) is 82.3 Å². The van der Waals surface area contributed by atoms with Gasteiger partial charge in [0.05, 0.1) is 12.3 Å². The van der Waals surface area contributed by atoms with Crippen LogP contribution in [-0.4, -0.2) is 53.8 Å². The Morgan fingerprint density at radius 3 is 2.74 bits per heavy atom. The van der Waals surface area contributed by atoms with Gasteiger partial charge in [0.1, 0.15) is 5.75 Å². The lowest BCUT2D eigenvalue weighted by molar-refractivity contribution is 0.102. The van der Waals surface area contributed by atoms with Gasteiger partial charge in [-0.3, -0.25) is 9.89 Å². The van der Waals surface area contributed by atoms with Crippen LogP contribution in [0.25, 0.3) is 11.3 Å². The van der Waals surface area contributed by atoms with Crippen LogP contribution in [0, 0.1) is 0 Å². The van der Waals surface area contributed by atoms with Crippen LogP contribution in [0.15, 0.2) is 48.5 Å². The number of anilines is 2. The summed E-state index contributed by atoms with van der Waals surface area (Å²) >= 11 is 0. The number of nitrogens with one attached hydrogen (secondary N) is 3. The van der Waals surface area contributed by atoms with Crippen molar-refractivity contribution in [1.29, 1.82) is 0 Å². The number of hydrogen-bond acceptors (Lipinski definition) is 5. The van der Waals surface area contributed by atoms with Gasteiger partial charge in [-0.05, 0) is 68.9 Å². The van der Waals surface area contributed by atoms with E-state index in [2.05, 4.69) is 38.8 Å². The molecule has 160 valence electrons. The SMILES string of the molecule is CN1CCC(Nc2ccc(C(=O)Nc3cc(-c4ccc5c(c4)OCC5)[nH]n3)cc2)CC1. The van der Waals surface area contributed by atoms with E-state index in [1.807, 2.05) is 42.5 Å². The normalized spacial score (nSPS) is 16.5. The van der Waals surface area contributed by atoms with Gasteiger partial charge in [0.2, 0.25) is 0 Å². The highest BCUT2D eigenvalue weighted by Gasteiger charge is 2.17. The lowest BCUT2D eigenvalue weighted by Gasteiger charge is -2.30. The molecule has 3 N–H and O–H groups in total. The van der Waals surface area contributed by atoms with Gasteiger partial charge in [-0.1, -0.05) is 12.1 Å². The van der Waals surface area contributed by atoms with Gasteiger partial charge in [-0.2, -0.15) is 5.10 Å². The Kier molecular flexibility index (Phi) is 5.34. The molecule has 0 saturated carbocycles. The first-order chi connectivity index (χ1) is 15.1. The summed E-state index contributed by atoms with van der Waals surface area (Å²) in [4.78, 5) is 15.0. The van der Waals surface area contributed by atoms with Crippen molar-refractivity contribution >= 4 is 17.4 Å². The maximum Gasteiger partial charge on any atom is 0.256 e. The van der Waals surface area contributed by atoms with Crippen LogP contribution in [0.3, 0.4) is 0 Å². The van der Waals surface area contributed by atoms with Crippen LogP contribution in [-0.2, 0) is 6.42 Å². The highest BCUT2D eigenvalue weighted by atomic mass is 16.5. The Bertz CT molecular complexity index is 1070. The molecule has 3 aromatic rings. The maximum atomic E-state index is 12.6. The Labute approximate surface area is 181 Å². The molecule has 2 aliphatic rings. The average molecular weight is 418 g/mol. The van der Waals surface area contributed by atoms with E-state index in [-0.39, 0.29) is 5.91 Å². The molecule has 3 heterocycles. The molecule has 2 aliphatic heterocycles. The second-order valence-corrected chi connectivity index (χ2v) is 8.34. The highest BCUT2D eigenvalue weighted by Crippen LogP contribution is 2.31. The second kappa shape index (κ2) is 8.43. The monoisotopic (exact) mass is 417 g/mol. The van der Waals surface area contributed by atoms with Gasteiger partial charge in [-0.15, -0.1) is 0 Å². The molecule has 0 bridgehead atoms. The van der Waals surface area contributed by atoms with Crippen molar-refractivity contribution in [2.45, 2.75) is 25.3 Å². The minimum atomic E-state index is -0.179. The summed E-state index contributed by atoms with van der Waals surface area (Å²) in [6.45, 7) is 2.96. The first-order valence-electron chi connectivity index (χ1n) is 10.8. The molecule has 31 heavy (non-hydrogen) atoms. The summed E-state index contributed by atoms with van der Waals surface area (Å²) in [5, 5.41) is 13.7. The number of likely N-dealkylation sites (tertiary alicyclic amines) is 1. The Balaban J connectivity index is 1.20. The average Bonchev–Trinajstić information content (AvgIpc) is 3.45. The smallest absolute Gasteiger partial charge is 0.256 e. The molecule has 1 aromatic heterocycles. The molecule has 0 unspecified atom stereocenters. The molecule has 0 radical (unpaired) electrons. The number of aromatic amines is 1. The van der Waals surface area contributed by atoms with Gasteiger partial charge >= 0.3 is 0 Å². The fourth-order valence-electron chi connectivity index (χ4n) is 4.16. The van der Waals surface area contributed by atoms with Crippen LogP contribution < -0.4 is 15.4 Å². The third-order valence-corrected chi connectivity index (χ3v) is 6.06. The van der Waals surface area contributed by atoms with Crippen LogP contribution in [0.5, 0.6) is 5.75 Å². The van der Waals surface area contributed by atoms with Crippen molar-refractivity contribution in [3.63, 3.8) is 0 Å². The summed E-state index contributed by atoms with van der Waals surface area (Å²) in [5.41, 5.74) is 4.70. The Hall–Kier alpha value is -3.32. The molecule has 1 amide bonds. The van der Waals surface area contributed by atoms with E-state index in [4.69, 9.17) is 4.74 Å². The fourth-order valence-corrected chi connectivity index (χ4v) is 4.16. The number of benzene rings is 2. The highest BCUT2D eigenvalue weighted by molar-refractivity contribution is 6.04. The summed E-state index contributed by atoms with van der Waals surface area (Å²) < 4.78 is 5.64. The fraction of sp³-hybridized carbons (Fsp3) is 0.333. The summed E-state index contributed by atoms with van der Waals surface area (Å²) in [6.07, 6.45) is 3.22. The van der Waals surface area contributed by atoms with Crippen molar-refractivity contribution in [2.75, 3.05) is 37.4 Å². The van der Waals surface area contributed by atoms with Crippen LogP contribution in [0.1, 0.15) is 28.8 Å². The number of H-pyrrole nitrogens is 1. The lowest BCUT2D eigenvalue weighted by atomic mass is 10.0. The maximum absolute atomic E-state index is 12.6. The van der Waals surface area contributed by atoms with Gasteiger partial charge in [0, 0.05) is 35.3 Å². The predicted octanol–water partition coefficient (Wildman–Crippen LogP) is 3.77. The van der Waals surface area contributed by atoms with Gasteiger partial charge < -0.3 is 20.3 Å². The van der Waals surface area contributed by atoms with Crippen LogP contribution >= 0.6 is 0 Å². The van der Waals surface area contributed by atoms with Crippen LogP contribution in [0.4, 0.5) is 11.5 Å². The molecule has 0 aliphatic carbocycles. The first-order valence-corrected chi connectivity index (χ1v) is 10.8. The third kappa shape index (κ3) is 4.41. The van der Waals surface area contributed by atoms with E-state index in [0.29, 0.717) is 17.4 Å². The van der Waals surface area contributed by atoms with E-state index < -0.39 is 0 Å². The van der Waals surface area contributed by atoms with E-state index in [9.17, 15) is 4.79 Å². The first kappa shape index (κ1) is 19.6. The number of fused-ring (bicyclic) bond motifs is 1. The predicted molar refractivity (Wildman–Crippen MR) is 122 cm³/mol. The molecule has 1 saturated heterocycles. The Morgan fingerprint density at radius 1 is 1.13 bits per heavy atom. The minimum Gasteiger partial charge on any atom is -0.493 e. The number of carbonyl (C=O) groups excluding carboxylic acids is 1. The number of hydrogen-bond donors (Lipinski definition) is 3. The number of rotatable bonds is 5. The Morgan fingerprint density at radius 2 is 1.94 bits per heavy atom. The molecular weight excluding hydrogens is 390 g/mol. The zero-order valence-corrected chi connectivity index (χ0v) is 17.6. The van der Waals surface area contributed by atoms with Crippen molar-refractivity contribution in [3.8, 4) is 17.0 Å². The quantitative estimate of drug-likeness (QED) is 0.589. The van der Waals surface area contributed by atoms with E-state index >= 15 is 0 Å². The third-order valence-electron chi connectivity index (χ3n) is 6.06. The number of nitrogens with zero attached hydrogens (tertiary/aromatic N) is 2. The van der Waals surface area contributed by atoms with E-state index in [1.54, 1.807) is 0 Å². The summed E-state index contributed by atoms with van der Waals surface area (Å²) in [5.74, 6) is 1.24. The van der Waals surface area contributed by atoms with Gasteiger partial charge in [-0.25, -0.2) is 0 Å². The molecule has 1 fully saturated rings. The van der Waals surface area contributed by atoms with Crippen molar-refractivity contribution < 1.29 is 9.53 Å². The molecule has 7 nitrogen and oxygen atoms in total. The molecule has 0 atom stereocenters. The van der Waals surface area contributed by atoms with E-state index in [1.165, 1.54) is 5.56 Å². The zero-order valence-electron chi connectivity index (χ0n) is 17.6. The second-order valence-electron chi connectivity index (χ2n) is 8.34. The van der Waals surface area contributed by atoms with Crippen molar-refractivity contribution in [3.05, 3.63) is 59.7 Å². The van der Waals surface area contributed by atoms with Gasteiger partial charge in [0.15, 0.2) is 5.82 Å². The molecular formula is C24H27N5O2. The number of piperidine rings is 1. The zero-order chi connectivity index (χ0) is 21.2. The van der Waals surface area contributed by atoms with E-state index in [0.717, 1.165) is 61.7 Å². The minimum absolute atomic E-state index is 0.179. The standard InChI is InChI=1S/C24H27N5O2/c1-29-11-8-20(9-12-29)25-19-6-4-17(5-7-19)24(30)26-23-15-21(27-28-23)18-3-2-16-10-13-31-22(16)14-18/h2-7,14-15,20,25H,8-13H2,1H3,(H2,26,27,28,30). The van der Waals surface area contributed by atoms with Crippen molar-refractivity contribution in [1.82, 2.24) is 15.1 Å². The number of carbonyl (C=O) groups is 1. The number of amides is 1.